The second kappa shape index (κ2) is 10.1. The molecule has 0 aliphatic carbocycles. The number of nitrogens with zero attached hydrogens (tertiary/aromatic N) is 1. The molecule has 0 N–H and O–H groups in total. The Bertz CT molecular complexity index is 127. The minimum absolute atomic E-state index is 0.589. The van der Waals surface area contributed by atoms with Crippen molar-refractivity contribution in [1.82, 2.24) is 4.90 Å². The van der Waals surface area contributed by atoms with E-state index in [0.717, 1.165) is 13.2 Å². The van der Waals surface area contributed by atoms with Crippen LogP contribution in [-0.2, 0) is 4.74 Å². The normalized spacial score (nSPS) is 13.5. The standard InChI is InChI=1S/C10H22ClNOS/c1-10(4-9-14-3)12(2)6-8-13-7-5-11/h10H,4-9H2,1-3H3. The molecule has 0 aromatic carbocycles. The Labute approximate surface area is 97.3 Å². The first kappa shape index (κ1) is 14.6. The van der Waals surface area contributed by atoms with Crippen LogP contribution >= 0.6 is 23.4 Å². The second-order valence-corrected chi connectivity index (χ2v) is 4.78. The molecule has 0 amide bonds. The van der Waals surface area contributed by atoms with E-state index >= 15 is 0 Å². The Morgan fingerprint density at radius 1 is 1.43 bits per heavy atom. The molecule has 0 radical (unpaired) electrons. The van der Waals surface area contributed by atoms with E-state index in [9.17, 15) is 0 Å². The number of hydrogen-bond acceptors (Lipinski definition) is 3. The molecule has 0 heterocycles. The van der Waals surface area contributed by atoms with Crippen LogP contribution in [0.15, 0.2) is 0 Å². The van der Waals surface area contributed by atoms with Gasteiger partial charge in [0, 0.05) is 18.5 Å². The summed E-state index contributed by atoms with van der Waals surface area (Å²) >= 11 is 7.41. The number of halogens is 1. The Morgan fingerprint density at radius 2 is 2.14 bits per heavy atom. The monoisotopic (exact) mass is 239 g/mol. The van der Waals surface area contributed by atoms with Gasteiger partial charge < -0.3 is 9.64 Å². The lowest BCUT2D eigenvalue weighted by atomic mass is 10.2. The van der Waals surface area contributed by atoms with E-state index in [2.05, 4.69) is 25.1 Å². The number of ether oxygens (including phenoxy) is 1. The smallest absolute Gasteiger partial charge is 0.0602 e. The maximum Gasteiger partial charge on any atom is 0.0602 e. The first-order valence-corrected chi connectivity index (χ1v) is 6.98. The zero-order valence-corrected chi connectivity index (χ0v) is 11.0. The van der Waals surface area contributed by atoms with E-state index in [1.807, 2.05) is 11.8 Å². The molecule has 0 spiro atoms. The second-order valence-electron chi connectivity index (χ2n) is 3.41. The van der Waals surface area contributed by atoms with Gasteiger partial charge in [0.15, 0.2) is 0 Å². The third-order valence-corrected chi connectivity index (χ3v) is 3.10. The number of likely N-dealkylation sites (N-methyl/N-ethyl adjacent to an activating group) is 1. The van der Waals surface area contributed by atoms with Gasteiger partial charge in [-0.2, -0.15) is 11.8 Å². The van der Waals surface area contributed by atoms with E-state index < -0.39 is 0 Å². The van der Waals surface area contributed by atoms with Crippen molar-refractivity contribution < 1.29 is 4.74 Å². The summed E-state index contributed by atoms with van der Waals surface area (Å²) < 4.78 is 5.33. The lowest BCUT2D eigenvalue weighted by Gasteiger charge is -2.24. The van der Waals surface area contributed by atoms with Crippen LogP contribution in [0.2, 0.25) is 0 Å². The van der Waals surface area contributed by atoms with E-state index in [0.29, 0.717) is 18.5 Å². The van der Waals surface area contributed by atoms with Gasteiger partial charge in [-0.05, 0) is 32.4 Å². The van der Waals surface area contributed by atoms with Gasteiger partial charge in [-0.15, -0.1) is 11.6 Å². The highest BCUT2D eigenvalue weighted by Gasteiger charge is 2.07. The summed E-state index contributed by atoms with van der Waals surface area (Å²) in [6.45, 7) is 4.70. The fourth-order valence-corrected chi connectivity index (χ4v) is 1.78. The van der Waals surface area contributed by atoms with Crippen LogP contribution in [0.4, 0.5) is 0 Å². The number of thioether (sulfide) groups is 1. The molecule has 0 aromatic heterocycles. The van der Waals surface area contributed by atoms with Gasteiger partial charge in [-0.3, -0.25) is 0 Å². The summed E-state index contributed by atoms with van der Waals surface area (Å²) in [4.78, 5) is 2.34. The predicted molar refractivity (Wildman–Crippen MR) is 66.6 cm³/mol. The summed E-state index contributed by atoms with van der Waals surface area (Å²) in [5.41, 5.74) is 0. The van der Waals surface area contributed by atoms with Crippen molar-refractivity contribution in [2.75, 3.05) is 44.7 Å². The molecule has 1 atom stereocenters. The van der Waals surface area contributed by atoms with Gasteiger partial charge in [-0.25, -0.2) is 0 Å². The van der Waals surface area contributed by atoms with Crippen LogP contribution in [0, 0.1) is 0 Å². The van der Waals surface area contributed by atoms with E-state index in [4.69, 9.17) is 16.3 Å². The molecule has 0 saturated heterocycles. The van der Waals surface area contributed by atoms with Gasteiger partial charge in [0.1, 0.15) is 0 Å². The molecular formula is C10H22ClNOS. The zero-order valence-electron chi connectivity index (χ0n) is 9.46. The minimum atomic E-state index is 0.589. The van der Waals surface area contributed by atoms with Gasteiger partial charge in [0.25, 0.3) is 0 Å². The number of alkyl halides is 1. The molecule has 0 aliphatic heterocycles. The maximum absolute atomic E-state index is 5.51. The van der Waals surface area contributed by atoms with E-state index in [-0.39, 0.29) is 0 Å². The van der Waals surface area contributed by atoms with Gasteiger partial charge in [0.2, 0.25) is 0 Å². The molecule has 0 fully saturated rings. The summed E-state index contributed by atoms with van der Waals surface area (Å²) in [6.07, 6.45) is 3.39. The molecule has 14 heavy (non-hydrogen) atoms. The van der Waals surface area contributed by atoms with Gasteiger partial charge in [0.05, 0.1) is 13.2 Å². The zero-order chi connectivity index (χ0) is 10.8. The molecule has 2 nitrogen and oxygen atoms in total. The molecule has 0 bridgehead atoms. The Morgan fingerprint density at radius 3 is 2.71 bits per heavy atom. The van der Waals surface area contributed by atoms with Crippen LogP contribution in [0.1, 0.15) is 13.3 Å². The largest absolute Gasteiger partial charge is 0.379 e. The highest BCUT2D eigenvalue weighted by molar-refractivity contribution is 7.98. The van der Waals surface area contributed by atoms with Crippen LogP contribution in [0.3, 0.4) is 0 Å². The number of hydrogen-bond donors (Lipinski definition) is 0. The summed E-state index contributed by atoms with van der Waals surface area (Å²) in [5, 5.41) is 0. The molecule has 0 saturated carbocycles. The van der Waals surface area contributed by atoms with Crippen LogP contribution in [-0.4, -0.2) is 55.6 Å². The highest BCUT2D eigenvalue weighted by Crippen LogP contribution is 2.05. The van der Waals surface area contributed by atoms with Crippen molar-refractivity contribution in [2.24, 2.45) is 0 Å². The fourth-order valence-electron chi connectivity index (χ4n) is 1.09. The fraction of sp³-hybridized carbons (Fsp3) is 1.00. The molecular weight excluding hydrogens is 218 g/mol. The SMILES string of the molecule is CSCCC(C)N(C)CCOCCCl. The first-order chi connectivity index (χ1) is 6.72. The van der Waals surface area contributed by atoms with Crippen LogP contribution in [0.25, 0.3) is 0 Å². The third kappa shape index (κ3) is 7.92. The van der Waals surface area contributed by atoms with Crippen molar-refractivity contribution >= 4 is 23.4 Å². The lowest BCUT2D eigenvalue weighted by Crippen LogP contribution is -2.32. The topological polar surface area (TPSA) is 12.5 Å². The third-order valence-electron chi connectivity index (χ3n) is 2.30. The lowest BCUT2D eigenvalue weighted by molar-refractivity contribution is 0.111. The van der Waals surface area contributed by atoms with Crippen LogP contribution < -0.4 is 0 Å². The molecule has 4 heteroatoms. The van der Waals surface area contributed by atoms with Crippen molar-refractivity contribution in [2.45, 2.75) is 19.4 Å². The minimum Gasteiger partial charge on any atom is -0.379 e. The summed E-state index contributed by atoms with van der Waals surface area (Å²) in [6, 6.07) is 0.641. The molecule has 86 valence electrons. The van der Waals surface area contributed by atoms with Crippen LogP contribution in [0.5, 0.6) is 0 Å². The van der Waals surface area contributed by atoms with Gasteiger partial charge in [-0.1, -0.05) is 0 Å². The maximum atomic E-state index is 5.51. The van der Waals surface area contributed by atoms with E-state index in [1.165, 1.54) is 12.2 Å². The molecule has 0 aliphatic rings. The Hall–Kier alpha value is 0.560. The average Bonchev–Trinajstić information content (AvgIpc) is 2.20. The van der Waals surface area contributed by atoms with E-state index in [1.54, 1.807) is 0 Å². The van der Waals surface area contributed by atoms with Crippen molar-refractivity contribution in [3.05, 3.63) is 0 Å². The van der Waals surface area contributed by atoms with Crippen molar-refractivity contribution in [1.29, 1.82) is 0 Å². The predicted octanol–water partition coefficient (Wildman–Crippen LogP) is 2.32. The van der Waals surface area contributed by atoms with Gasteiger partial charge >= 0.3 is 0 Å². The molecule has 0 rings (SSSR count). The Balaban J connectivity index is 3.36. The van der Waals surface area contributed by atoms with Crippen molar-refractivity contribution in [3.8, 4) is 0 Å². The first-order valence-electron chi connectivity index (χ1n) is 5.05. The average molecular weight is 240 g/mol. The summed E-state index contributed by atoms with van der Waals surface area (Å²) in [7, 11) is 2.15. The van der Waals surface area contributed by atoms with Crippen molar-refractivity contribution in [3.63, 3.8) is 0 Å². The summed E-state index contributed by atoms with van der Waals surface area (Å²) in [5.74, 6) is 1.82. The molecule has 0 aromatic rings. The quantitative estimate of drug-likeness (QED) is 0.453. The Kier molecular flexibility index (Phi) is 10.5. The molecule has 1 unspecified atom stereocenters. The number of rotatable bonds is 9. The highest BCUT2D eigenvalue weighted by atomic mass is 35.5.